The summed E-state index contributed by atoms with van der Waals surface area (Å²) in [4.78, 5) is 23.8. The summed E-state index contributed by atoms with van der Waals surface area (Å²) < 4.78 is 11.1. The van der Waals surface area contributed by atoms with E-state index < -0.39 is 5.91 Å². The van der Waals surface area contributed by atoms with Crippen molar-refractivity contribution in [3.8, 4) is 17.2 Å². The number of benzene rings is 2. The number of carbonyl (C=O) groups excluding carboxylic acids is 2. The molecule has 2 N–H and O–H groups in total. The largest absolute Gasteiger partial charge is 0.483 e. The number of ether oxygens (including phenoxy) is 1. The molecule has 0 spiro atoms. The van der Waals surface area contributed by atoms with Gasteiger partial charge in [0.1, 0.15) is 5.75 Å². The lowest BCUT2D eigenvalue weighted by molar-refractivity contribution is -0.130. The van der Waals surface area contributed by atoms with Crippen LogP contribution in [-0.2, 0) is 22.4 Å². The van der Waals surface area contributed by atoms with Gasteiger partial charge in [0.15, 0.2) is 6.61 Å². The minimum Gasteiger partial charge on any atom is -0.483 e. The predicted octanol–water partition coefficient (Wildman–Crippen LogP) is 2.77. The number of nitrogens with zero attached hydrogens (tertiary/aromatic N) is 2. The van der Waals surface area contributed by atoms with Gasteiger partial charge in [-0.15, -0.1) is 10.2 Å². The molecule has 0 fully saturated rings. The van der Waals surface area contributed by atoms with Crippen LogP contribution in [0.3, 0.4) is 0 Å². The first-order valence-corrected chi connectivity index (χ1v) is 9.73. The van der Waals surface area contributed by atoms with E-state index in [2.05, 4.69) is 21.0 Å². The Morgan fingerprint density at radius 2 is 1.73 bits per heavy atom. The SMILES string of the molecule is CCc1ccccc1OCC(=O)NNC(=O)CCc1nnc(-c2ccc(C)cc2)o1. The first-order chi connectivity index (χ1) is 14.5. The second kappa shape index (κ2) is 10.2. The maximum Gasteiger partial charge on any atom is 0.276 e. The van der Waals surface area contributed by atoms with Gasteiger partial charge in [-0.05, 0) is 37.1 Å². The summed E-state index contributed by atoms with van der Waals surface area (Å²) >= 11 is 0. The molecule has 0 unspecified atom stereocenters. The van der Waals surface area contributed by atoms with E-state index in [9.17, 15) is 9.59 Å². The smallest absolute Gasteiger partial charge is 0.276 e. The maximum absolute atomic E-state index is 12.0. The third-order valence-corrected chi connectivity index (χ3v) is 4.38. The Labute approximate surface area is 174 Å². The van der Waals surface area contributed by atoms with Gasteiger partial charge >= 0.3 is 0 Å². The van der Waals surface area contributed by atoms with Gasteiger partial charge < -0.3 is 9.15 Å². The minimum atomic E-state index is -0.450. The molecule has 0 aliphatic carbocycles. The Bertz CT molecular complexity index is 998. The molecule has 2 amide bonds. The molecule has 8 heteroatoms. The monoisotopic (exact) mass is 408 g/mol. The molecule has 0 bridgehead atoms. The second-order valence-electron chi connectivity index (χ2n) is 6.71. The molecular formula is C22H24N4O4. The summed E-state index contributed by atoms with van der Waals surface area (Å²) in [6.07, 6.45) is 1.16. The molecule has 0 atom stereocenters. The number of hydrogen-bond acceptors (Lipinski definition) is 6. The lowest BCUT2D eigenvalue weighted by atomic mass is 10.1. The van der Waals surface area contributed by atoms with Crippen LogP contribution in [0, 0.1) is 6.92 Å². The van der Waals surface area contributed by atoms with Gasteiger partial charge in [0.05, 0.1) is 0 Å². The van der Waals surface area contributed by atoms with E-state index >= 15 is 0 Å². The van der Waals surface area contributed by atoms with Crippen molar-refractivity contribution in [3.05, 3.63) is 65.5 Å². The maximum atomic E-state index is 12.0. The molecule has 0 aliphatic rings. The van der Waals surface area contributed by atoms with Crippen molar-refractivity contribution >= 4 is 11.8 Å². The van der Waals surface area contributed by atoms with Crippen LogP contribution >= 0.6 is 0 Å². The highest BCUT2D eigenvalue weighted by molar-refractivity contribution is 5.82. The third-order valence-electron chi connectivity index (χ3n) is 4.38. The fourth-order valence-electron chi connectivity index (χ4n) is 2.71. The van der Waals surface area contributed by atoms with Crippen molar-refractivity contribution in [3.63, 3.8) is 0 Å². The summed E-state index contributed by atoms with van der Waals surface area (Å²) in [5, 5.41) is 7.96. The van der Waals surface area contributed by atoms with E-state index in [0.717, 1.165) is 23.1 Å². The van der Waals surface area contributed by atoms with Gasteiger partial charge in [-0.2, -0.15) is 0 Å². The van der Waals surface area contributed by atoms with E-state index in [1.165, 1.54) is 0 Å². The third kappa shape index (κ3) is 5.91. The van der Waals surface area contributed by atoms with Crippen molar-refractivity contribution in [2.45, 2.75) is 33.1 Å². The number of aryl methyl sites for hydroxylation is 3. The van der Waals surface area contributed by atoms with Crippen molar-refractivity contribution in [1.29, 1.82) is 0 Å². The van der Waals surface area contributed by atoms with Crippen LogP contribution in [0.1, 0.15) is 30.4 Å². The molecule has 0 saturated carbocycles. The number of aromatic nitrogens is 2. The summed E-state index contributed by atoms with van der Waals surface area (Å²) in [6.45, 7) is 3.81. The fraction of sp³-hybridized carbons (Fsp3) is 0.273. The molecule has 0 radical (unpaired) electrons. The molecule has 2 aromatic carbocycles. The average Bonchev–Trinajstić information content (AvgIpc) is 3.24. The van der Waals surface area contributed by atoms with Crippen LogP contribution in [0.4, 0.5) is 0 Å². The lowest BCUT2D eigenvalue weighted by Crippen LogP contribution is -2.43. The molecule has 30 heavy (non-hydrogen) atoms. The molecule has 1 aromatic heterocycles. The number of para-hydroxylation sites is 1. The first-order valence-electron chi connectivity index (χ1n) is 9.73. The van der Waals surface area contributed by atoms with Gasteiger partial charge in [-0.3, -0.25) is 20.4 Å². The number of nitrogens with one attached hydrogen (secondary N) is 2. The van der Waals surface area contributed by atoms with Crippen molar-refractivity contribution in [1.82, 2.24) is 21.0 Å². The Kier molecular flexibility index (Phi) is 7.15. The second-order valence-corrected chi connectivity index (χ2v) is 6.71. The molecule has 1 heterocycles. The van der Waals surface area contributed by atoms with Gasteiger partial charge in [-0.25, -0.2) is 0 Å². The normalized spacial score (nSPS) is 10.5. The summed E-state index contributed by atoms with van der Waals surface area (Å²) in [6, 6.07) is 15.2. The molecule has 156 valence electrons. The first kappa shape index (κ1) is 21.0. The van der Waals surface area contributed by atoms with Crippen molar-refractivity contribution < 1.29 is 18.7 Å². The Hall–Kier alpha value is -3.68. The molecule has 0 aliphatic heterocycles. The van der Waals surface area contributed by atoms with E-state index in [4.69, 9.17) is 9.15 Å². The van der Waals surface area contributed by atoms with Gasteiger partial charge in [0.25, 0.3) is 5.91 Å². The number of carbonyl (C=O) groups is 2. The Balaban J connectivity index is 1.39. The number of rotatable bonds is 8. The Morgan fingerprint density at radius 3 is 2.50 bits per heavy atom. The topological polar surface area (TPSA) is 106 Å². The number of hydrogen-bond donors (Lipinski definition) is 2. The van der Waals surface area contributed by atoms with E-state index in [0.29, 0.717) is 17.5 Å². The van der Waals surface area contributed by atoms with Crippen LogP contribution < -0.4 is 15.6 Å². The van der Waals surface area contributed by atoms with Gasteiger partial charge in [0, 0.05) is 18.4 Å². The quantitative estimate of drug-likeness (QED) is 0.555. The highest BCUT2D eigenvalue weighted by Crippen LogP contribution is 2.19. The van der Waals surface area contributed by atoms with Gasteiger partial charge in [-0.1, -0.05) is 42.8 Å². The van der Waals surface area contributed by atoms with E-state index in [1.807, 2.05) is 56.3 Å². The minimum absolute atomic E-state index is 0.0926. The van der Waals surface area contributed by atoms with Crippen molar-refractivity contribution in [2.24, 2.45) is 0 Å². The number of hydrazine groups is 1. The van der Waals surface area contributed by atoms with Crippen LogP contribution in [-0.4, -0.2) is 28.6 Å². The summed E-state index contributed by atoms with van der Waals surface area (Å²) in [5.74, 6) is 0.595. The van der Waals surface area contributed by atoms with Crippen LogP contribution in [0.15, 0.2) is 52.9 Å². The Morgan fingerprint density at radius 1 is 1.00 bits per heavy atom. The van der Waals surface area contributed by atoms with Gasteiger partial charge in [0.2, 0.25) is 17.7 Å². The highest BCUT2D eigenvalue weighted by Gasteiger charge is 2.12. The predicted molar refractivity (Wildman–Crippen MR) is 110 cm³/mol. The highest BCUT2D eigenvalue weighted by atomic mass is 16.5. The molecular weight excluding hydrogens is 384 g/mol. The van der Waals surface area contributed by atoms with E-state index in [-0.39, 0.29) is 25.4 Å². The lowest BCUT2D eigenvalue weighted by Gasteiger charge is -2.11. The molecule has 3 rings (SSSR count). The van der Waals surface area contributed by atoms with Crippen LogP contribution in [0.5, 0.6) is 5.75 Å². The zero-order valence-electron chi connectivity index (χ0n) is 17.0. The van der Waals surface area contributed by atoms with Crippen molar-refractivity contribution in [2.75, 3.05) is 6.61 Å². The summed E-state index contributed by atoms with van der Waals surface area (Å²) in [7, 11) is 0. The van der Waals surface area contributed by atoms with Crippen LogP contribution in [0.2, 0.25) is 0 Å². The van der Waals surface area contributed by atoms with E-state index in [1.54, 1.807) is 6.07 Å². The molecule has 3 aromatic rings. The zero-order chi connectivity index (χ0) is 21.3. The average molecular weight is 408 g/mol. The fourth-order valence-corrected chi connectivity index (χ4v) is 2.71. The molecule has 8 nitrogen and oxygen atoms in total. The summed E-state index contributed by atoms with van der Waals surface area (Å²) in [5.41, 5.74) is 7.66. The zero-order valence-corrected chi connectivity index (χ0v) is 17.0. The van der Waals surface area contributed by atoms with Crippen LogP contribution in [0.25, 0.3) is 11.5 Å². The molecule has 0 saturated heterocycles. The standard InChI is InChI=1S/C22H24N4O4/c1-3-16-6-4-5-7-18(16)29-14-20(28)24-23-19(27)12-13-21-25-26-22(30-21)17-10-8-15(2)9-11-17/h4-11H,3,12-14H2,1-2H3,(H,23,27)(H,24,28). The number of amides is 2.